The van der Waals surface area contributed by atoms with Gasteiger partial charge in [0, 0.05) is 6.54 Å². The second kappa shape index (κ2) is 10.00. The van der Waals surface area contributed by atoms with Crippen molar-refractivity contribution in [3.8, 4) is 0 Å². The van der Waals surface area contributed by atoms with Gasteiger partial charge in [0.1, 0.15) is 18.0 Å². The Bertz CT molecular complexity index is 1290. The third-order valence-corrected chi connectivity index (χ3v) is 8.66. The van der Waals surface area contributed by atoms with E-state index in [1.54, 1.807) is 6.92 Å². The van der Waals surface area contributed by atoms with E-state index in [2.05, 4.69) is 24.8 Å². The van der Waals surface area contributed by atoms with E-state index in [1.807, 2.05) is 30.3 Å². The Labute approximate surface area is 198 Å². The molecule has 1 aliphatic heterocycles. The molecule has 1 fully saturated rings. The van der Waals surface area contributed by atoms with Gasteiger partial charge in [0.2, 0.25) is 0 Å². The van der Waals surface area contributed by atoms with Crippen LogP contribution in [0.5, 0.6) is 0 Å². The van der Waals surface area contributed by atoms with Crippen molar-refractivity contribution in [3.05, 3.63) is 48.0 Å². The van der Waals surface area contributed by atoms with Crippen molar-refractivity contribution >= 4 is 32.2 Å². The molecule has 1 aliphatic rings. The lowest BCUT2D eigenvalue weighted by molar-refractivity contribution is -0.0425. The molecule has 0 radical (unpaired) electrons. The van der Waals surface area contributed by atoms with Crippen LogP contribution in [0.3, 0.4) is 0 Å². The number of aryl methyl sites for hydroxylation is 1. The standard InChI is InChI=1S/C19H24FN5O8P2/c1-11-23-17(21-7-12-5-3-2-4-6-12)15-18(24-11)25(9-22-15)19-14(20)16(26)13(33-19)8-32-35(30,31)10-34(27,28)29/h2-6,9,13-14,16,19,26H,7-8,10H2,1H3,(H,30,31)(H,21,23,24)(H2,27,28,29)/t13-,14+,16-,19-/m1/s1. The predicted molar refractivity (Wildman–Crippen MR) is 121 cm³/mol. The Morgan fingerprint density at radius 1 is 1.20 bits per heavy atom. The van der Waals surface area contributed by atoms with E-state index in [9.17, 15) is 23.5 Å². The number of alkyl halides is 1. The van der Waals surface area contributed by atoms with Crippen LogP contribution < -0.4 is 5.32 Å². The summed E-state index contributed by atoms with van der Waals surface area (Å²) in [6, 6.07) is 9.58. The van der Waals surface area contributed by atoms with Crippen LogP contribution in [0, 0.1) is 6.92 Å². The topological polar surface area (TPSA) is 189 Å². The van der Waals surface area contributed by atoms with E-state index in [-0.39, 0.29) is 5.65 Å². The zero-order chi connectivity index (χ0) is 25.4. The SMILES string of the molecule is Cc1nc(NCc2ccccc2)c2ncn([C@@H]3O[C@H](COP(=O)(O)CP(=O)(O)O)[C@@H](O)[C@@H]3F)c2n1. The van der Waals surface area contributed by atoms with Crippen LogP contribution in [-0.2, 0) is 24.9 Å². The van der Waals surface area contributed by atoms with Crippen LogP contribution in [0.4, 0.5) is 10.2 Å². The Morgan fingerprint density at radius 2 is 1.91 bits per heavy atom. The summed E-state index contributed by atoms with van der Waals surface area (Å²) in [5, 5.41) is 13.4. The number of anilines is 1. The number of aliphatic hydroxyl groups is 1. The highest BCUT2D eigenvalue weighted by Gasteiger charge is 2.47. The molecule has 0 saturated carbocycles. The minimum atomic E-state index is -4.84. The molecule has 0 aliphatic carbocycles. The molecule has 4 rings (SSSR count). The molecule has 13 nitrogen and oxygen atoms in total. The number of halogens is 1. The number of hydrogen-bond donors (Lipinski definition) is 5. The number of fused-ring (bicyclic) bond motifs is 1. The first-order chi connectivity index (χ1) is 16.4. The quantitative estimate of drug-likeness (QED) is 0.252. The number of nitrogens with zero attached hydrogens (tertiary/aromatic N) is 4. The molecule has 0 amide bonds. The van der Waals surface area contributed by atoms with Gasteiger partial charge in [-0.2, -0.15) is 0 Å². The van der Waals surface area contributed by atoms with Gasteiger partial charge in [-0.1, -0.05) is 30.3 Å². The van der Waals surface area contributed by atoms with Crippen molar-refractivity contribution in [2.24, 2.45) is 0 Å². The smallest absolute Gasteiger partial charge is 0.340 e. The fourth-order valence-electron chi connectivity index (χ4n) is 3.65. The molecule has 3 aromatic rings. The summed E-state index contributed by atoms with van der Waals surface area (Å²) < 4.78 is 49.3. The highest BCUT2D eigenvalue weighted by molar-refractivity contribution is 7.70. The maximum Gasteiger partial charge on any atom is 0.340 e. The predicted octanol–water partition coefficient (Wildman–Crippen LogP) is 1.68. The van der Waals surface area contributed by atoms with Gasteiger partial charge in [-0.3, -0.25) is 13.7 Å². The van der Waals surface area contributed by atoms with Crippen LogP contribution in [0.2, 0.25) is 0 Å². The van der Waals surface area contributed by atoms with Crippen molar-refractivity contribution < 1.29 is 42.6 Å². The van der Waals surface area contributed by atoms with Gasteiger partial charge in [-0.15, -0.1) is 0 Å². The highest BCUT2D eigenvalue weighted by atomic mass is 31.2. The first-order valence-corrected chi connectivity index (χ1v) is 14.0. The van der Waals surface area contributed by atoms with Gasteiger partial charge in [0.25, 0.3) is 0 Å². The Morgan fingerprint density at radius 3 is 2.60 bits per heavy atom. The minimum absolute atomic E-state index is 0.240. The lowest BCUT2D eigenvalue weighted by atomic mass is 10.1. The van der Waals surface area contributed by atoms with Gasteiger partial charge < -0.3 is 34.4 Å². The Balaban J connectivity index is 1.52. The summed E-state index contributed by atoms with van der Waals surface area (Å²) in [6.07, 6.45) is -5.21. The van der Waals surface area contributed by atoms with Crippen molar-refractivity contribution in [2.45, 2.75) is 38.1 Å². The third kappa shape index (κ3) is 6.11. The van der Waals surface area contributed by atoms with E-state index in [0.29, 0.717) is 23.7 Å². The summed E-state index contributed by atoms with van der Waals surface area (Å²) in [6.45, 7) is 1.34. The lowest BCUT2D eigenvalue weighted by Crippen LogP contribution is -2.31. The molecule has 190 valence electrons. The highest BCUT2D eigenvalue weighted by Crippen LogP contribution is 2.55. The number of imidazole rings is 1. The molecule has 5 N–H and O–H groups in total. The third-order valence-electron chi connectivity index (χ3n) is 5.21. The van der Waals surface area contributed by atoms with E-state index >= 15 is 0 Å². The molecular formula is C19H24FN5O8P2. The Hall–Kier alpha value is -2.28. The van der Waals surface area contributed by atoms with Crippen LogP contribution >= 0.6 is 15.2 Å². The second-order valence-electron chi connectivity index (χ2n) is 8.02. The largest absolute Gasteiger partial charge is 0.387 e. The van der Waals surface area contributed by atoms with Crippen molar-refractivity contribution in [2.75, 3.05) is 17.8 Å². The average Bonchev–Trinajstić information content (AvgIpc) is 3.31. The molecule has 1 saturated heterocycles. The fourth-order valence-corrected chi connectivity index (χ4v) is 6.21. The first kappa shape index (κ1) is 25.8. The van der Waals surface area contributed by atoms with Gasteiger partial charge in [-0.05, 0) is 12.5 Å². The number of hydrogen-bond acceptors (Lipinski definition) is 9. The van der Waals surface area contributed by atoms with Crippen LogP contribution in [-0.4, -0.2) is 70.2 Å². The first-order valence-electron chi connectivity index (χ1n) is 10.4. The molecule has 3 heterocycles. The molecule has 35 heavy (non-hydrogen) atoms. The number of ether oxygens (including phenoxy) is 1. The summed E-state index contributed by atoms with van der Waals surface area (Å²) in [5.41, 5.74) is 1.59. The maximum absolute atomic E-state index is 15.0. The minimum Gasteiger partial charge on any atom is -0.387 e. The molecule has 2 aromatic heterocycles. The second-order valence-corrected chi connectivity index (χ2v) is 12.0. The number of nitrogens with one attached hydrogen (secondary N) is 1. The molecule has 5 atom stereocenters. The molecule has 16 heteroatoms. The van der Waals surface area contributed by atoms with Crippen molar-refractivity contribution in [1.29, 1.82) is 0 Å². The zero-order valence-electron chi connectivity index (χ0n) is 18.4. The zero-order valence-corrected chi connectivity index (χ0v) is 20.2. The number of rotatable bonds is 9. The van der Waals surface area contributed by atoms with Crippen LogP contribution in [0.15, 0.2) is 36.7 Å². The number of aromatic nitrogens is 4. The van der Waals surface area contributed by atoms with Crippen molar-refractivity contribution in [3.63, 3.8) is 0 Å². The summed E-state index contributed by atoms with van der Waals surface area (Å²) in [5.74, 6) is -0.614. The fraction of sp³-hybridized carbons (Fsp3) is 0.421. The van der Waals surface area contributed by atoms with Crippen LogP contribution in [0.25, 0.3) is 11.2 Å². The molecule has 0 bridgehead atoms. The van der Waals surface area contributed by atoms with E-state index in [4.69, 9.17) is 14.5 Å². The summed E-state index contributed by atoms with van der Waals surface area (Å²) in [7, 11) is -9.54. The number of aliphatic hydroxyl groups excluding tert-OH is 1. The lowest BCUT2D eigenvalue weighted by Gasteiger charge is -2.18. The van der Waals surface area contributed by atoms with Gasteiger partial charge in [0.05, 0.1) is 12.9 Å². The van der Waals surface area contributed by atoms with E-state index in [1.165, 1.54) is 10.9 Å². The van der Waals surface area contributed by atoms with E-state index in [0.717, 1.165) is 5.56 Å². The average molecular weight is 531 g/mol. The van der Waals surface area contributed by atoms with E-state index < -0.39 is 52.3 Å². The van der Waals surface area contributed by atoms with Crippen LogP contribution in [0.1, 0.15) is 17.6 Å². The summed E-state index contributed by atoms with van der Waals surface area (Å²) in [4.78, 5) is 40.4. The van der Waals surface area contributed by atoms with Crippen molar-refractivity contribution in [1.82, 2.24) is 19.5 Å². The van der Waals surface area contributed by atoms with Gasteiger partial charge in [0.15, 0.2) is 35.3 Å². The molecule has 1 unspecified atom stereocenters. The molecular weight excluding hydrogens is 507 g/mol. The molecule has 0 spiro atoms. The Kier molecular flexibility index (Phi) is 7.37. The summed E-state index contributed by atoms with van der Waals surface area (Å²) >= 11 is 0. The normalized spacial score (nSPS) is 24.5. The van der Waals surface area contributed by atoms with Gasteiger partial charge in [-0.25, -0.2) is 19.3 Å². The number of benzene rings is 1. The maximum atomic E-state index is 15.0. The molecule has 1 aromatic carbocycles. The van der Waals surface area contributed by atoms with Gasteiger partial charge >= 0.3 is 15.2 Å². The monoisotopic (exact) mass is 531 g/mol.